The van der Waals surface area contributed by atoms with Crippen molar-refractivity contribution in [3.05, 3.63) is 57.6 Å². The summed E-state index contributed by atoms with van der Waals surface area (Å²) in [7, 11) is 0. The number of rotatable bonds is 5. The molecule has 0 spiro atoms. The highest BCUT2D eigenvalue weighted by atomic mass is 79.9. The maximum Gasteiger partial charge on any atom is 0.159 e. The lowest BCUT2D eigenvalue weighted by Gasteiger charge is -2.32. The third-order valence-corrected chi connectivity index (χ3v) is 5.58. The molecule has 0 radical (unpaired) electrons. The number of fused-ring (bicyclic) bond motifs is 3. The van der Waals surface area contributed by atoms with Crippen LogP contribution in [0.2, 0.25) is 0 Å². The topological polar surface area (TPSA) is 17.1 Å². The molecule has 0 saturated carbocycles. The van der Waals surface area contributed by atoms with Crippen molar-refractivity contribution in [1.29, 1.82) is 0 Å². The average molecular weight is 371 g/mol. The van der Waals surface area contributed by atoms with Crippen LogP contribution in [-0.2, 0) is 5.41 Å². The average Bonchev–Trinajstić information content (AvgIpc) is 2.78. The molecule has 0 N–H and O–H groups in total. The second kappa shape index (κ2) is 6.24. The standard InChI is InChI=1S/C21H23BrO/c1-4-10-21(11-5-2)19-9-6-15(14(3)23)12-18(19)17-8-7-16(22)13-20(17)21/h6-9,12-13H,4-5,10-11H2,1-3H3. The Labute approximate surface area is 147 Å². The van der Waals surface area contributed by atoms with Crippen LogP contribution in [0, 0.1) is 0 Å². The lowest BCUT2D eigenvalue weighted by atomic mass is 9.71. The van der Waals surface area contributed by atoms with Gasteiger partial charge in [-0.25, -0.2) is 0 Å². The Morgan fingerprint density at radius 1 is 0.957 bits per heavy atom. The van der Waals surface area contributed by atoms with Gasteiger partial charge in [0.2, 0.25) is 0 Å². The van der Waals surface area contributed by atoms with Crippen molar-refractivity contribution >= 4 is 21.7 Å². The maximum atomic E-state index is 11.8. The molecule has 1 aliphatic carbocycles. The van der Waals surface area contributed by atoms with E-state index in [1.165, 1.54) is 22.3 Å². The van der Waals surface area contributed by atoms with E-state index in [2.05, 4.69) is 60.1 Å². The maximum absolute atomic E-state index is 11.8. The highest BCUT2D eigenvalue weighted by Crippen LogP contribution is 2.54. The van der Waals surface area contributed by atoms with Crippen LogP contribution in [0.5, 0.6) is 0 Å². The quantitative estimate of drug-likeness (QED) is 0.547. The lowest BCUT2D eigenvalue weighted by molar-refractivity contribution is 0.101. The molecule has 2 heteroatoms. The molecule has 3 rings (SSSR count). The fourth-order valence-corrected chi connectivity index (χ4v) is 4.57. The first kappa shape index (κ1) is 16.4. The van der Waals surface area contributed by atoms with Gasteiger partial charge in [-0.1, -0.05) is 60.8 Å². The van der Waals surface area contributed by atoms with E-state index in [0.717, 1.165) is 35.7 Å². The van der Waals surface area contributed by atoms with E-state index >= 15 is 0 Å². The number of carbonyl (C=O) groups is 1. The van der Waals surface area contributed by atoms with E-state index in [1.54, 1.807) is 6.92 Å². The van der Waals surface area contributed by atoms with Crippen molar-refractivity contribution in [3.8, 4) is 11.1 Å². The highest BCUT2D eigenvalue weighted by molar-refractivity contribution is 9.10. The van der Waals surface area contributed by atoms with Crippen molar-refractivity contribution < 1.29 is 4.79 Å². The number of ketones is 1. The second-order valence-electron chi connectivity index (χ2n) is 6.59. The minimum absolute atomic E-state index is 0.0905. The van der Waals surface area contributed by atoms with Gasteiger partial charge in [0.25, 0.3) is 0 Å². The molecule has 0 aliphatic heterocycles. The predicted octanol–water partition coefficient (Wildman–Crippen LogP) is 6.52. The van der Waals surface area contributed by atoms with Gasteiger partial charge < -0.3 is 0 Å². The second-order valence-corrected chi connectivity index (χ2v) is 7.50. The van der Waals surface area contributed by atoms with E-state index in [4.69, 9.17) is 0 Å². The van der Waals surface area contributed by atoms with Crippen molar-refractivity contribution in [3.63, 3.8) is 0 Å². The number of hydrogen-bond donors (Lipinski definition) is 0. The van der Waals surface area contributed by atoms with Crippen LogP contribution in [0.4, 0.5) is 0 Å². The van der Waals surface area contributed by atoms with Crippen molar-refractivity contribution in [2.45, 2.75) is 51.9 Å². The number of carbonyl (C=O) groups excluding carboxylic acids is 1. The molecular weight excluding hydrogens is 348 g/mol. The first-order chi connectivity index (χ1) is 11.0. The van der Waals surface area contributed by atoms with Crippen molar-refractivity contribution in [2.75, 3.05) is 0 Å². The van der Waals surface area contributed by atoms with Gasteiger partial charge >= 0.3 is 0 Å². The number of benzene rings is 2. The van der Waals surface area contributed by atoms with E-state index in [9.17, 15) is 4.79 Å². The first-order valence-corrected chi connectivity index (χ1v) is 9.28. The van der Waals surface area contributed by atoms with Crippen LogP contribution in [0.25, 0.3) is 11.1 Å². The molecule has 0 atom stereocenters. The molecule has 1 nitrogen and oxygen atoms in total. The Hall–Kier alpha value is -1.41. The highest BCUT2D eigenvalue weighted by Gasteiger charge is 2.41. The first-order valence-electron chi connectivity index (χ1n) is 8.49. The van der Waals surface area contributed by atoms with Gasteiger partial charge in [-0.15, -0.1) is 0 Å². The van der Waals surface area contributed by atoms with Gasteiger partial charge in [0, 0.05) is 15.5 Å². The summed E-state index contributed by atoms with van der Waals surface area (Å²) in [5.41, 5.74) is 6.27. The lowest BCUT2D eigenvalue weighted by Crippen LogP contribution is -2.25. The van der Waals surface area contributed by atoms with Gasteiger partial charge in [0.15, 0.2) is 5.78 Å². The van der Waals surface area contributed by atoms with Gasteiger partial charge in [0.05, 0.1) is 0 Å². The summed E-state index contributed by atoms with van der Waals surface area (Å²) in [5, 5.41) is 0. The molecule has 0 saturated heterocycles. The fraction of sp³-hybridized carbons (Fsp3) is 0.381. The van der Waals surface area contributed by atoms with E-state index in [-0.39, 0.29) is 11.2 Å². The van der Waals surface area contributed by atoms with Crippen LogP contribution in [0.1, 0.15) is 67.9 Å². The SMILES string of the molecule is CCCC1(CCC)c2ccc(C(C)=O)cc2-c2ccc(Br)cc21. The molecule has 1 aliphatic rings. The largest absolute Gasteiger partial charge is 0.295 e. The van der Waals surface area contributed by atoms with Crippen LogP contribution >= 0.6 is 15.9 Å². The third kappa shape index (κ3) is 2.57. The zero-order valence-corrected chi connectivity index (χ0v) is 15.7. The van der Waals surface area contributed by atoms with E-state index < -0.39 is 0 Å². The number of Topliss-reactive ketones (excluding diaryl/α,β-unsaturated/α-hetero) is 1. The monoisotopic (exact) mass is 370 g/mol. The van der Waals surface area contributed by atoms with Gasteiger partial charge in [-0.2, -0.15) is 0 Å². The molecule has 2 aromatic rings. The van der Waals surface area contributed by atoms with E-state index in [0.29, 0.717) is 0 Å². The smallest absolute Gasteiger partial charge is 0.159 e. The van der Waals surface area contributed by atoms with Gasteiger partial charge in [0.1, 0.15) is 0 Å². The van der Waals surface area contributed by atoms with Crippen LogP contribution in [0.15, 0.2) is 40.9 Å². The molecule has 0 unspecified atom stereocenters. The predicted molar refractivity (Wildman–Crippen MR) is 100 cm³/mol. The zero-order valence-electron chi connectivity index (χ0n) is 14.1. The minimum atomic E-state index is 0.0905. The number of halogens is 1. The van der Waals surface area contributed by atoms with E-state index in [1.807, 2.05) is 6.07 Å². The van der Waals surface area contributed by atoms with Crippen molar-refractivity contribution in [2.24, 2.45) is 0 Å². The molecule has 23 heavy (non-hydrogen) atoms. The van der Waals surface area contributed by atoms with Crippen molar-refractivity contribution in [1.82, 2.24) is 0 Å². The molecule has 0 bridgehead atoms. The molecule has 120 valence electrons. The Balaban J connectivity index is 2.31. The van der Waals surface area contributed by atoms with Gasteiger partial charge in [-0.05, 0) is 60.2 Å². The molecule has 0 fully saturated rings. The summed E-state index contributed by atoms with van der Waals surface area (Å²) in [4.78, 5) is 11.8. The minimum Gasteiger partial charge on any atom is -0.295 e. The molecule has 0 aromatic heterocycles. The summed E-state index contributed by atoms with van der Waals surface area (Å²) in [6, 6.07) is 12.9. The summed E-state index contributed by atoms with van der Waals surface area (Å²) in [6.45, 7) is 6.17. The molecular formula is C21H23BrO. The van der Waals surface area contributed by atoms with Gasteiger partial charge in [-0.3, -0.25) is 4.79 Å². The number of hydrogen-bond acceptors (Lipinski definition) is 1. The fourth-order valence-electron chi connectivity index (χ4n) is 4.21. The zero-order chi connectivity index (χ0) is 16.6. The Morgan fingerprint density at radius 2 is 1.65 bits per heavy atom. The molecule has 0 amide bonds. The molecule has 0 heterocycles. The Morgan fingerprint density at radius 3 is 2.26 bits per heavy atom. The van der Waals surface area contributed by atoms with Crippen LogP contribution < -0.4 is 0 Å². The summed E-state index contributed by atoms with van der Waals surface area (Å²) in [6.07, 6.45) is 4.60. The van der Waals surface area contributed by atoms with Crippen LogP contribution in [-0.4, -0.2) is 5.78 Å². The summed E-state index contributed by atoms with van der Waals surface area (Å²) in [5.74, 6) is 0.134. The Kier molecular flexibility index (Phi) is 4.46. The summed E-state index contributed by atoms with van der Waals surface area (Å²) < 4.78 is 1.13. The summed E-state index contributed by atoms with van der Waals surface area (Å²) >= 11 is 3.65. The Bertz CT molecular complexity index is 754. The third-order valence-electron chi connectivity index (χ3n) is 5.08. The normalized spacial score (nSPS) is 14.4. The van der Waals surface area contributed by atoms with Crippen LogP contribution in [0.3, 0.4) is 0 Å². The molecule has 2 aromatic carbocycles.